The van der Waals surface area contributed by atoms with Crippen LogP contribution in [0.5, 0.6) is 5.75 Å². The van der Waals surface area contributed by atoms with Gasteiger partial charge in [0, 0.05) is 6.54 Å². The predicted octanol–water partition coefficient (Wildman–Crippen LogP) is -0.771. The lowest BCUT2D eigenvalue weighted by molar-refractivity contribution is -0.146. The molecule has 36 heavy (non-hydrogen) atoms. The molecule has 5 unspecified atom stereocenters. The molecule has 1 heterocycles. The molecule has 4 amide bonds. The van der Waals surface area contributed by atoms with Crippen molar-refractivity contribution < 1.29 is 34.2 Å². The summed E-state index contributed by atoms with van der Waals surface area (Å²) in [5.41, 5.74) is 11.9. The van der Waals surface area contributed by atoms with Gasteiger partial charge >= 0.3 is 5.97 Å². The van der Waals surface area contributed by atoms with Crippen LogP contribution in [0, 0.1) is 5.92 Å². The van der Waals surface area contributed by atoms with Gasteiger partial charge in [0.25, 0.3) is 0 Å². The van der Waals surface area contributed by atoms with Crippen molar-refractivity contribution >= 4 is 29.6 Å². The lowest BCUT2D eigenvalue weighted by Gasteiger charge is -2.32. The number of hydrogen-bond donors (Lipinski definition) is 6. The molecule has 1 aromatic rings. The number of hydrogen-bond acceptors (Lipinski definition) is 7. The van der Waals surface area contributed by atoms with E-state index in [4.69, 9.17) is 11.5 Å². The lowest BCUT2D eigenvalue weighted by atomic mass is 9.96. The Balaban J connectivity index is 2.12. The third-order valence-electron chi connectivity index (χ3n) is 6.36. The first kappa shape index (κ1) is 28.6. The number of nitrogens with zero attached hydrogens (tertiary/aromatic N) is 1. The molecule has 1 fully saturated rings. The zero-order chi connectivity index (χ0) is 27.0. The quantitative estimate of drug-likeness (QED) is 0.212. The zero-order valence-electron chi connectivity index (χ0n) is 20.5. The van der Waals surface area contributed by atoms with Crippen molar-refractivity contribution in [3.8, 4) is 5.75 Å². The van der Waals surface area contributed by atoms with E-state index < -0.39 is 60.2 Å². The van der Waals surface area contributed by atoms with Crippen LogP contribution in [0.2, 0.25) is 0 Å². The van der Waals surface area contributed by atoms with Gasteiger partial charge in [-0.2, -0.15) is 0 Å². The molecule has 0 aromatic heterocycles. The molecule has 1 saturated heterocycles. The number of nitrogens with one attached hydrogen (secondary N) is 2. The Hall–Kier alpha value is -3.67. The van der Waals surface area contributed by atoms with Crippen molar-refractivity contribution in [2.75, 3.05) is 6.54 Å². The number of aromatic hydroxyl groups is 1. The number of carboxylic acid groups (broad SMARTS) is 1. The smallest absolute Gasteiger partial charge is 0.326 e. The first-order valence-corrected chi connectivity index (χ1v) is 11.9. The van der Waals surface area contributed by atoms with Crippen molar-refractivity contribution in [1.82, 2.24) is 15.5 Å². The Kier molecular flexibility index (Phi) is 10.2. The topological polar surface area (TPSA) is 205 Å². The van der Waals surface area contributed by atoms with Crippen LogP contribution in [-0.4, -0.2) is 75.4 Å². The monoisotopic (exact) mass is 505 g/mol. The molecule has 12 nitrogen and oxygen atoms in total. The fourth-order valence-corrected chi connectivity index (χ4v) is 4.07. The van der Waals surface area contributed by atoms with Crippen molar-refractivity contribution in [2.45, 2.75) is 70.1 Å². The summed E-state index contributed by atoms with van der Waals surface area (Å²) in [6.07, 6.45) is 1.00. The van der Waals surface area contributed by atoms with Gasteiger partial charge < -0.3 is 37.2 Å². The van der Waals surface area contributed by atoms with Crippen LogP contribution in [-0.2, 0) is 30.4 Å². The number of phenols is 1. The van der Waals surface area contributed by atoms with Crippen molar-refractivity contribution in [1.29, 1.82) is 0 Å². The van der Waals surface area contributed by atoms with E-state index in [1.807, 2.05) is 6.92 Å². The van der Waals surface area contributed by atoms with E-state index in [-0.39, 0.29) is 24.6 Å². The van der Waals surface area contributed by atoms with E-state index in [2.05, 4.69) is 10.6 Å². The van der Waals surface area contributed by atoms with Crippen LogP contribution in [0.4, 0.5) is 0 Å². The number of nitrogens with two attached hydrogens (primary N) is 2. The van der Waals surface area contributed by atoms with Crippen LogP contribution >= 0.6 is 0 Å². The normalized spacial score (nSPS) is 18.5. The Bertz CT molecular complexity index is 968. The molecule has 1 aromatic carbocycles. The molecular weight excluding hydrogens is 470 g/mol. The molecule has 1 aliphatic heterocycles. The highest BCUT2D eigenvalue weighted by Gasteiger charge is 2.40. The Labute approximate surface area is 209 Å². The Morgan fingerprint density at radius 1 is 1.14 bits per heavy atom. The highest BCUT2D eigenvalue weighted by atomic mass is 16.4. The number of likely N-dealkylation sites (tertiary alicyclic amines) is 1. The number of carbonyl (C=O) groups is 5. The minimum absolute atomic E-state index is 0.0905. The van der Waals surface area contributed by atoms with Crippen molar-refractivity contribution in [3.05, 3.63) is 29.8 Å². The van der Waals surface area contributed by atoms with Gasteiger partial charge in [0.15, 0.2) is 0 Å². The second kappa shape index (κ2) is 12.9. The maximum absolute atomic E-state index is 13.5. The van der Waals surface area contributed by atoms with Gasteiger partial charge in [-0.1, -0.05) is 32.4 Å². The second-order valence-electron chi connectivity index (χ2n) is 9.11. The van der Waals surface area contributed by atoms with Gasteiger partial charge in [0.1, 0.15) is 23.9 Å². The van der Waals surface area contributed by atoms with E-state index in [1.165, 1.54) is 17.0 Å². The molecule has 0 radical (unpaired) electrons. The van der Waals surface area contributed by atoms with E-state index in [0.717, 1.165) is 5.56 Å². The molecule has 2 rings (SSSR count). The third kappa shape index (κ3) is 7.67. The largest absolute Gasteiger partial charge is 0.508 e. The number of aliphatic carboxylic acids is 1. The van der Waals surface area contributed by atoms with E-state index in [1.54, 1.807) is 19.1 Å². The van der Waals surface area contributed by atoms with E-state index >= 15 is 0 Å². The molecule has 8 N–H and O–H groups in total. The van der Waals surface area contributed by atoms with Crippen molar-refractivity contribution in [2.24, 2.45) is 17.4 Å². The van der Waals surface area contributed by atoms with Crippen LogP contribution in [0.3, 0.4) is 0 Å². The summed E-state index contributed by atoms with van der Waals surface area (Å²) in [6, 6.07) is 1.94. The van der Waals surface area contributed by atoms with Gasteiger partial charge in [0.05, 0.1) is 12.5 Å². The number of carboxylic acids is 1. The lowest BCUT2D eigenvalue weighted by Crippen LogP contribution is -2.58. The number of phenolic OH excluding ortho intramolecular Hbond substituents is 1. The van der Waals surface area contributed by atoms with E-state index in [0.29, 0.717) is 19.3 Å². The molecule has 0 saturated carbocycles. The standard InChI is InChI=1S/C24H35N5O7/c1-3-13(2)20(28-21(32)16(25)11-14-6-8-15(30)9-7-14)23(34)29-10-4-5-18(29)22(33)27-17(24(35)36)12-19(26)31/h6-9,13,16-18,20,30H,3-5,10-12,25H2,1-2H3,(H2,26,31)(H,27,33)(H,28,32)(H,35,36). The van der Waals surface area contributed by atoms with Crippen LogP contribution in [0.15, 0.2) is 24.3 Å². The maximum Gasteiger partial charge on any atom is 0.326 e. The molecule has 0 bridgehead atoms. The number of rotatable bonds is 12. The van der Waals surface area contributed by atoms with Gasteiger partial charge in [0.2, 0.25) is 23.6 Å². The fraction of sp³-hybridized carbons (Fsp3) is 0.542. The SMILES string of the molecule is CCC(C)C(NC(=O)C(N)Cc1ccc(O)cc1)C(=O)N1CCCC1C(=O)NC(CC(N)=O)C(=O)O. The highest BCUT2D eigenvalue weighted by Crippen LogP contribution is 2.22. The minimum Gasteiger partial charge on any atom is -0.508 e. The molecule has 12 heteroatoms. The zero-order valence-corrected chi connectivity index (χ0v) is 20.5. The Morgan fingerprint density at radius 3 is 2.33 bits per heavy atom. The number of primary amides is 1. The molecular formula is C24H35N5O7. The molecule has 0 aliphatic carbocycles. The summed E-state index contributed by atoms with van der Waals surface area (Å²) in [4.78, 5) is 63.1. The number of benzene rings is 1. The summed E-state index contributed by atoms with van der Waals surface area (Å²) in [5.74, 6) is -4.17. The highest BCUT2D eigenvalue weighted by molar-refractivity contribution is 5.95. The summed E-state index contributed by atoms with van der Waals surface area (Å²) in [5, 5.41) is 23.7. The van der Waals surface area contributed by atoms with Crippen LogP contribution < -0.4 is 22.1 Å². The second-order valence-corrected chi connectivity index (χ2v) is 9.11. The van der Waals surface area contributed by atoms with Crippen LogP contribution in [0.25, 0.3) is 0 Å². The number of amides is 4. The van der Waals surface area contributed by atoms with Crippen molar-refractivity contribution in [3.63, 3.8) is 0 Å². The average molecular weight is 506 g/mol. The average Bonchev–Trinajstić information content (AvgIpc) is 3.32. The summed E-state index contributed by atoms with van der Waals surface area (Å²) >= 11 is 0. The first-order valence-electron chi connectivity index (χ1n) is 11.9. The maximum atomic E-state index is 13.5. The molecule has 5 atom stereocenters. The fourth-order valence-electron chi connectivity index (χ4n) is 4.07. The van der Waals surface area contributed by atoms with Gasteiger partial charge in [-0.15, -0.1) is 0 Å². The molecule has 0 spiro atoms. The minimum atomic E-state index is -1.50. The summed E-state index contributed by atoms with van der Waals surface area (Å²) < 4.78 is 0. The van der Waals surface area contributed by atoms with Gasteiger partial charge in [-0.05, 0) is 42.9 Å². The molecule has 1 aliphatic rings. The van der Waals surface area contributed by atoms with Crippen LogP contribution in [0.1, 0.15) is 45.1 Å². The van der Waals surface area contributed by atoms with Gasteiger partial charge in [-0.3, -0.25) is 19.2 Å². The Morgan fingerprint density at radius 2 is 1.78 bits per heavy atom. The van der Waals surface area contributed by atoms with Gasteiger partial charge in [-0.25, -0.2) is 4.79 Å². The first-order chi connectivity index (χ1) is 16.9. The number of carbonyl (C=O) groups excluding carboxylic acids is 4. The predicted molar refractivity (Wildman–Crippen MR) is 129 cm³/mol. The molecule has 198 valence electrons. The van der Waals surface area contributed by atoms with E-state index in [9.17, 15) is 34.2 Å². The summed E-state index contributed by atoms with van der Waals surface area (Å²) in [6.45, 7) is 3.92. The third-order valence-corrected chi connectivity index (χ3v) is 6.36. The summed E-state index contributed by atoms with van der Waals surface area (Å²) in [7, 11) is 0.